The van der Waals surface area contributed by atoms with E-state index < -0.39 is 0 Å². The summed E-state index contributed by atoms with van der Waals surface area (Å²) in [7, 11) is 0. The van der Waals surface area contributed by atoms with Gasteiger partial charge in [-0.3, -0.25) is 0 Å². The molecule has 0 aliphatic carbocycles. The molecule has 0 atom stereocenters. The largest absolute Gasteiger partial charge is 0.466 e. The first kappa shape index (κ1) is 16.3. The van der Waals surface area contributed by atoms with Crippen molar-refractivity contribution >= 4 is 11.3 Å². The first-order chi connectivity index (χ1) is 8.87. The lowest BCUT2D eigenvalue weighted by Crippen LogP contribution is -2.35. The van der Waals surface area contributed by atoms with Gasteiger partial charge in [0.25, 0.3) is 5.19 Å². The number of nitrogens with zero attached hydrogens (tertiary/aromatic N) is 2. The molecule has 110 valence electrons. The number of nitrogens with one attached hydrogen (secondary N) is 1. The molecule has 0 saturated carbocycles. The zero-order valence-electron chi connectivity index (χ0n) is 12.5. The van der Waals surface area contributed by atoms with Gasteiger partial charge in [-0.25, -0.2) is 0 Å². The minimum absolute atomic E-state index is 0.0807. The summed E-state index contributed by atoms with van der Waals surface area (Å²) in [4.78, 5) is 0. The van der Waals surface area contributed by atoms with Gasteiger partial charge in [-0.05, 0) is 26.7 Å². The quantitative estimate of drug-likeness (QED) is 0.744. The van der Waals surface area contributed by atoms with Crippen LogP contribution in [0.2, 0.25) is 0 Å². The maximum absolute atomic E-state index is 5.49. The van der Waals surface area contributed by atoms with Crippen LogP contribution in [0.5, 0.6) is 5.19 Å². The summed E-state index contributed by atoms with van der Waals surface area (Å²) < 4.78 is 10.9. The second-order valence-corrected chi connectivity index (χ2v) is 6.91. The van der Waals surface area contributed by atoms with E-state index in [-0.39, 0.29) is 5.54 Å². The van der Waals surface area contributed by atoms with Crippen LogP contribution in [0.1, 0.15) is 39.6 Å². The van der Waals surface area contributed by atoms with Crippen LogP contribution in [0.4, 0.5) is 0 Å². The topological polar surface area (TPSA) is 56.3 Å². The fraction of sp³-hybridized carbons (Fsp3) is 0.846. The van der Waals surface area contributed by atoms with E-state index in [0.29, 0.717) is 30.9 Å². The average Bonchev–Trinajstić information content (AvgIpc) is 2.72. The molecule has 0 bridgehead atoms. The highest BCUT2D eigenvalue weighted by molar-refractivity contribution is 7.13. The third-order valence-corrected chi connectivity index (χ3v) is 2.96. The molecule has 0 spiro atoms. The minimum atomic E-state index is 0.0807. The molecule has 0 aliphatic rings. The summed E-state index contributed by atoms with van der Waals surface area (Å²) in [6.07, 6.45) is 0. The third kappa shape index (κ3) is 8.13. The molecule has 19 heavy (non-hydrogen) atoms. The lowest BCUT2D eigenvalue weighted by molar-refractivity contribution is 0.0816. The number of ether oxygens (including phenoxy) is 2. The van der Waals surface area contributed by atoms with E-state index in [9.17, 15) is 0 Å². The summed E-state index contributed by atoms with van der Waals surface area (Å²) in [5.41, 5.74) is 0.0807. The van der Waals surface area contributed by atoms with Gasteiger partial charge in [0.05, 0.1) is 13.2 Å². The number of hydrogen-bond donors (Lipinski definition) is 1. The summed E-state index contributed by atoms with van der Waals surface area (Å²) in [5, 5.41) is 13.0. The zero-order chi connectivity index (χ0) is 14.3. The Morgan fingerprint density at radius 2 is 1.95 bits per heavy atom. The molecule has 0 radical (unpaired) electrons. The predicted molar refractivity (Wildman–Crippen MR) is 77.7 cm³/mol. The van der Waals surface area contributed by atoms with Crippen molar-refractivity contribution in [2.45, 2.75) is 46.7 Å². The van der Waals surface area contributed by atoms with Gasteiger partial charge in [0.1, 0.15) is 11.6 Å². The van der Waals surface area contributed by atoms with Gasteiger partial charge in [0, 0.05) is 12.1 Å². The molecule has 0 amide bonds. The van der Waals surface area contributed by atoms with E-state index in [1.165, 1.54) is 11.3 Å². The highest BCUT2D eigenvalue weighted by atomic mass is 32.1. The van der Waals surface area contributed by atoms with Crippen molar-refractivity contribution in [3.05, 3.63) is 5.01 Å². The van der Waals surface area contributed by atoms with Crippen molar-refractivity contribution < 1.29 is 9.47 Å². The highest BCUT2D eigenvalue weighted by Gasteiger charge is 2.11. The summed E-state index contributed by atoms with van der Waals surface area (Å²) in [6, 6.07) is 0. The molecular formula is C13H25N3O2S. The van der Waals surface area contributed by atoms with E-state index in [4.69, 9.17) is 9.47 Å². The Bertz CT molecular complexity index is 361. The second-order valence-electron chi connectivity index (χ2n) is 5.88. The fourth-order valence-electron chi connectivity index (χ4n) is 1.22. The van der Waals surface area contributed by atoms with Crippen molar-refractivity contribution in [1.82, 2.24) is 15.5 Å². The molecule has 0 saturated heterocycles. The predicted octanol–water partition coefficient (Wildman–Crippen LogP) is 2.48. The third-order valence-electron chi connectivity index (χ3n) is 2.12. The molecule has 1 rings (SSSR count). The first-order valence-corrected chi connectivity index (χ1v) is 7.46. The Morgan fingerprint density at radius 1 is 1.21 bits per heavy atom. The Kier molecular flexibility index (Phi) is 6.68. The molecule has 1 aromatic heterocycles. The van der Waals surface area contributed by atoms with Crippen LogP contribution in [-0.4, -0.2) is 35.6 Å². The van der Waals surface area contributed by atoms with E-state index in [2.05, 4.69) is 50.1 Å². The zero-order valence-corrected chi connectivity index (χ0v) is 13.3. The molecule has 1 heterocycles. The Morgan fingerprint density at radius 3 is 2.58 bits per heavy atom. The van der Waals surface area contributed by atoms with Gasteiger partial charge < -0.3 is 14.8 Å². The number of rotatable bonds is 8. The van der Waals surface area contributed by atoms with Crippen LogP contribution in [0, 0.1) is 5.92 Å². The van der Waals surface area contributed by atoms with Crippen LogP contribution in [0.25, 0.3) is 0 Å². The normalized spacial score (nSPS) is 12.1. The standard InChI is InChI=1S/C13H25N3O2S/c1-10(2)9-17-6-7-18-12-16-15-11(19-12)8-14-13(3,4)5/h10,14H,6-9H2,1-5H3. The van der Waals surface area contributed by atoms with Gasteiger partial charge in [-0.2, -0.15) is 0 Å². The molecule has 1 aromatic rings. The number of hydrogen-bond acceptors (Lipinski definition) is 6. The molecular weight excluding hydrogens is 262 g/mol. The van der Waals surface area contributed by atoms with E-state index in [0.717, 1.165) is 11.6 Å². The van der Waals surface area contributed by atoms with Crippen LogP contribution >= 0.6 is 11.3 Å². The molecule has 0 unspecified atom stereocenters. The van der Waals surface area contributed by atoms with E-state index >= 15 is 0 Å². The van der Waals surface area contributed by atoms with Crippen molar-refractivity contribution in [2.24, 2.45) is 5.92 Å². The minimum Gasteiger partial charge on any atom is -0.466 e. The summed E-state index contributed by atoms with van der Waals surface area (Å²) in [6.45, 7) is 13.2. The van der Waals surface area contributed by atoms with Crippen molar-refractivity contribution in [1.29, 1.82) is 0 Å². The second kappa shape index (κ2) is 7.77. The van der Waals surface area contributed by atoms with Crippen molar-refractivity contribution in [2.75, 3.05) is 19.8 Å². The van der Waals surface area contributed by atoms with Crippen LogP contribution in [0.3, 0.4) is 0 Å². The van der Waals surface area contributed by atoms with Gasteiger partial charge in [-0.1, -0.05) is 25.2 Å². The monoisotopic (exact) mass is 287 g/mol. The first-order valence-electron chi connectivity index (χ1n) is 6.65. The molecule has 0 fully saturated rings. The fourth-order valence-corrected chi connectivity index (χ4v) is 1.87. The number of aromatic nitrogens is 2. The maximum Gasteiger partial charge on any atom is 0.294 e. The summed E-state index contributed by atoms with van der Waals surface area (Å²) >= 11 is 1.48. The van der Waals surface area contributed by atoms with E-state index in [1.807, 2.05) is 0 Å². The lowest BCUT2D eigenvalue weighted by Gasteiger charge is -2.19. The smallest absolute Gasteiger partial charge is 0.294 e. The van der Waals surface area contributed by atoms with Gasteiger partial charge in [0.15, 0.2) is 0 Å². The average molecular weight is 287 g/mol. The Balaban J connectivity index is 2.20. The maximum atomic E-state index is 5.49. The van der Waals surface area contributed by atoms with E-state index in [1.54, 1.807) is 0 Å². The van der Waals surface area contributed by atoms with Crippen molar-refractivity contribution in [3.8, 4) is 5.19 Å². The lowest BCUT2D eigenvalue weighted by atomic mass is 10.1. The summed E-state index contributed by atoms with van der Waals surface area (Å²) in [5.74, 6) is 0.552. The van der Waals surface area contributed by atoms with Gasteiger partial charge in [-0.15, -0.1) is 10.2 Å². The van der Waals surface area contributed by atoms with Gasteiger partial charge in [0.2, 0.25) is 0 Å². The van der Waals surface area contributed by atoms with Crippen molar-refractivity contribution in [3.63, 3.8) is 0 Å². The Labute approximate surface area is 119 Å². The molecule has 1 N–H and O–H groups in total. The Hall–Kier alpha value is -0.720. The molecule has 0 aromatic carbocycles. The molecule has 0 aliphatic heterocycles. The van der Waals surface area contributed by atoms with Crippen LogP contribution < -0.4 is 10.1 Å². The highest BCUT2D eigenvalue weighted by Crippen LogP contribution is 2.18. The van der Waals surface area contributed by atoms with Crippen LogP contribution in [0.15, 0.2) is 0 Å². The van der Waals surface area contributed by atoms with Gasteiger partial charge >= 0.3 is 0 Å². The molecule has 5 nitrogen and oxygen atoms in total. The molecule has 6 heteroatoms. The van der Waals surface area contributed by atoms with Crippen LogP contribution in [-0.2, 0) is 11.3 Å². The SMILES string of the molecule is CC(C)COCCOc1nnc(CNC(C)(C)C)s1.